The summed E-state index contributed by atoms with van der Waals surface area (Å²) in [6.07, 6.45) is 7.16. The molecule has 102 valence electrons. The molecule has 2 heteroatoms. The number of benzene rings is 1. The molecule has 0 spiro atoms. The van der Waals surface area contributed by atoms with Gasteiger partial charge in [0, 0.05) is 6.07 Å². The van der Waals surface area contributed by atoms with Crippen LogP contribution in [0.2, 0.25) is 0 Å². The Morgan fingerprint density at radius 3 is 1.72 bits per heavy atom. The fourth-order valence-electron chi connectivity index (χ4n) is 1.74. The summed E-state index contributed by atoms with van der Waals surface area (Å²) in [5.74, 6) is 1.83. The summed E-state index contributed by atoms with van der Waals surface area (Å²) in [6, 6.07) is 7.96. The van der Waals surface area contributed by atoms with E-state index in [-0.39, 0.29) is 0 Å². The van der Waals surface area contributed by atoms with Gasteiger partial charge in [0.25, 0.3) is 0 Å². The van der Waals surface area contributed by atoms with Gasteiger partial charge >= 0.3 is 0 Å². The summed E-state index contributed by atoms with van der Waals surface area (Å²) < 4.78 is 11.4. The van der Waals surface area contributed by atoms with Gasteiger partial charge in [0.1, 0.15) is 11.5 Å². The van der Waals surface area contributed by atoms with Gasteiger partial charge in [-0.3, -0.25) is 0 Å². The predicted molar refractivity (Wildman–Crippen MR) is 76.5 cm³/mol. The lowest BCUT2D eigenvalue weighted by atomic mass is 10.2. The number of hydrogen-bond donors (Lipinski definition) is 0. The van der Waals surface area contributed by atoms with Gasteiger partial charge in [-0.2, -0.15) is 0 Å². The molecule has 1 aromatic rings. The second kappa shape index (κ2) is 9.81. The van der Waals surface area contributed by atoms with E-state index in [4.69, 9.17) is 9.47 Å². The molecule has 0 saturated carbocycles. The smallest absolute Gasteiger partial charge is 0.122 e. The zero-order valence-corrected chi connectivity index (χ0v) is 11.8. The van der Waals surface area contributed by atoms with Gasteiger partial charge in [-0.15, -0.1) is 0 Å². The number of hydrogen-bond acceptors (Lipinski definition) is 2. The molecule has 0 aliphatic heterocycles. The fourth-order valence-corrected chi connectivity index (χ4v) is 1.74. The predicted octanol–water partition coefficient (Wildman–Crippen LogP) is 4.82. The van der Waals surface area contributed by atoms with Gasteiger partial charge in [0.05, 0.1) is 13.2 Å². The molecule has 0 aromatic heterocycles. The lowest BCUT2D eigenvalue weighted by Crippen LogP contribution is -1.99. The second-order valence-corrected chi connectivity index (χ2v) is 4.59. The standard InChI is InChI=1S/C16H26O2/c1-3-5-7-12-17-15-10-9-11-16(14-15)18-13-8-6-4-2/h9-11,14H,3-8,12-13H2,1-2H3. The summed E-state index contributed by atoms with van der Waals surface area (Å²) in [6.45, 7) is 6.00. The lowest BCUT2D eigenvalue weighted by Gasteiger charge is -2.09. The molecule has 1 rings (SSSR count). The Bertz CT molecular complexity index is 282. The van der Waals surface area contributed by atoms with Crippen LogP contribution in [0.3, 0.4) is 0 Å². The van der Waals surface area contributed by atoms with Crippen LogP contribution in [-0.2, 0) is 0 Å². The molecule has 0 saturated heterocycles. The first kappa shape index (κ1) is 14.9. The molecule has 0 aliphatic rings. The van der Waals surface area contributed by atoms with Gasteiger partial charge < -0.3 is 9.47 Å². The van der Waals surface area contributed by atoms with E-state index in [1.54, 1.807) is 0 Å². The maximum absolute atomic E-state index is 5.70. The zero-order chi connectivity index (χ0) is 13.1. The van der Waals surface area contributed by atoms with E-state index in [0.29, 0.717) is 0 Å². The molecular formula is C16H26O2. The minimum absolute atomic E-state index is 0.799. The average molecular weight is 250 g/mol. The van der Waals surface area contributed by atoms with Crippen LogP contribution in [0, 0.1) is 0 Å². The van der Waals surface area contributed by atoms with Gasteiger partial charge in [0.15, 0.2) is 0 Å². The monoisotopic (exact) mass is 250 g/mol. The molecule has 0 unspecified atom stereocenters. The SMILES string of the molecule is CCCCCOc1cccc(OCCCCC)c1. The van der Waals surface area contributed by atoms with E-state index >= 15 is 0 Å². The molecule has 0 aliphatic carbocycles. The van der Waals surface area contributed by atoms with Gasteiger partial charge in [-0.25, -0.2) is 0 Å². The third-order valence-corrected chi connectivity index (χ3v) is 2.84. The van der Waals surface area contributed by atoms with E-state index in [2.05, 4.69) is 13.8 Å². The normalized spacial score (nSPS) is 10.3. The van der Waals surface area contributed by atoms with Crippen LogP contribution < -0.4 is 9.47 Å². The van der Waals surface area contributed by atoms with E-state index in [1.807, 2.05) is 24.3 Å². The molecule has 1 aromatic carbocycles. The summed E-state index contributed by atoms with van der Waals surface area (Å²) in [5.41, 5.74) is 0. The molecule has 0 fully saturated rings. The van der Waals surface area contributed by atoms with Crippen molar-refractivity contribution in [2.45, 2.75) is 52.4 Å². The van der Waals surface area contributed by atoms with Crippen LogP contribution in [0.1, 0.15) is 52.4 Å². The second-order valence-electron chi connectivity index (χ2n) is 4.59. The maximum Gasteiger partial charge on any atom is 0.122 e. The quantitative estimate of drug-likeness (QED) is 0.554. The summed E-state index contributed by atoms with van der Waals surface area (Å²) >= 11 is 0. The Hall–Kier alpha value is -1.18. The highest BCUT2D eigenvalue weighted by atomic mass is 16.5. The first-order valence-corrected chi connectivity index (χ1v) is 7.22. The number of unbranched alkanes of at least 4 members (excludes halogenated alkanes) is 4. The van der Waals surface area contributed by atoms with Crippen molar-refractivity contribution in [3.8, 4) is 11.5 Å². The lowest BCUT2D eigenvalue weighted by molar-refractivity contribution is 0.291. The molecule has 0 heterocycles. The largest absolute Gasteiger partial charge is 0.493 e. The zero-order valence-electron chi connectivity index (χ0n) is 11.8. The summed E-state index contributed by atoms with van der Waals surface area (Å²) in [4.78, 5) is 0. The Balaban J connectivity index is 2.27. The van der Waals surface area contributed by atoms with Crippen LogP contribution in [0.15, 0.2) is 24.3 Å². The van der Waals surface area contributed by atoms with E-state index in [0.717, 1.165) is 37.6 Å². The van der Waals surface area contributed by atoms with Crippen molar-refractivity contribution in [1.82, 2.24) is 0 Å². The Labute approximate surface area is 111 Å². The van der Waals surface area contributed by atoms with E-state index in [9.17, 15) is 0 Å². The van der Waals surface area contributed by atoms with Gasteiger partial charge in [-0.05, 0) is 25.0 Å². The van der Waals surface area contributed by atoms with Crippen LogP contribution in [0.25, 0.3) is 0 Å². The topological polar surface area (TPSA) is 18.5 Å². The average Bonchev–Trinajstić information content (AvgIpc) is 2.40. The Morgan fingerprint density at radius 1 is 0.778 bits per heavy atom. The highest BCUT2D eigenvalue weighted by Crippen LogP contribution is 2.20. The van der Waals surface area contributed by atoms with Crippen molar-refractivity contribution in [3.05, 3.63) is 24.3 Å². The van der Waals surface area contributed by atoms with Crippen molar-refractivity contribution < 1.29 is 9.47 Å². The van der Waals surface area contributed by atoms with Crippen molar-refractivity contribution >= 4 is 0 Å². The van der Waals surface area contributed by atoms with Crippen LogP contribution >= 0.6 is 0 Å². The molecular weight excluding hydrogens is 224 g/mol. The van der Waals surface area contributed by atoms with Crippen molar-refractivity contribution in [3.63, 3.8) is 0 Å². The summed E-state index contributed by atoms with van der Waals surface area (Å²) in [5, 5.41) is 0. The van der Waals surface area contributed by atoms with Crippen LogP contribution in [-0.4, -0.2) is 13.2 Å². The number of ether oxygens (including phenoxy) is 2. The molecule has 0 amide bonds. The highest BCUT2D eigenvalue weighted by molar-refractivity contribution is 5.32. The highest BCUT2D eigenvalue weighted by Gasteiger charge is 1.98. The first-order valence-electron chi connectivity index (χ1n) is 7.22. The van der Waals surface area contributed by atoms with Crippen molar-refractivity contribution in [2.24, 2.45) is 0 Å². The minimum Gasteiger partial charge on any atom is -0.493 e. The Morgan fingerprint density at radius 2 is 1.28 bits per heavy atom. The third kappa shape index (κ3) is 6.53. The van der Waals surface area contributed by atoms with E-state index in [1.165, 1.54) is 25.7 Å². The molecule has 0 bridgehead atoms. The molecule has 0 radical (unpaired) electrons. The van der Waals surface area contributed by atoms with E-state index < -0.39 is 0 Å². The fraction of sp³-hybridized carbons (Fsp3) is 0.625. The molecule has 2 nitrogen and oxygen atoms in total. The molecule has 0 atom stereocenters. The van der Waals surface area contributed by atoms with Crippen molar-refractivity contribution in [1.29, 1.82) is 0 Å². The molecule has 0 N–H and O–H groups in total. The van der Waals surface area contributed by atoms with Crippen LogP contribution in [0.5, 0.6) is 11.5 Å². The van der Waals surface area contributed by atoms with Crippen molar-refractivity contribution in [2.75, 3.05) is 13.2 Å². The van der Waals surface area contributed by atoms with Crippen LogP contribution in [0.4, 0.5) is 0 Å². The summed E-state index contributed by atoms with van der Waals surface area (Å²) in [7, 11) is 0. The minimum atomic E-state index is 0.799. The first-order chi connectivity index (χ1) is 8.86. The Kier molecular flexibility index (Phi) is 8.11. The maximum atomic E-state index is 5.70. The number of rotatable bonds is 10. The third-order valence-electron chi connectivity index (χ3n) is 2.84. The van der Waals surface area contributed by atoms with Gasteiger partial charge in [-0.1, -0.05) is 45.6 Å². The van der Waals surface area contributed by atoms with Gasteiger partial charge in [0.2, 0.25) is 0 Å². The molecule has 18 heavy (non-hydrogen) atoms.